The van der Waals surface area contributed by atoms with Crippen LogP contribution in [0.15, 0.2) is 57.7 Å². The third kappa shape index (κ3) is 3.38. The van der Waals surface area contributed by atoms with E-state index < -0.39 is 0 Å². The zero-order chi connectivity index (χ0) is 19.7. The van der Waals surface area contributed by atoms with Gasteiger partial charge in [0.25, 0.3) is 0 Å². The Morgan fingerprint density at radius 2 is 1.86 bits per heavy atom. The lowest BCUT2D eigenvalue weighted by atomic mass is 10.1. The van der Waals surface area contributed by atoms with Crippen molar-refractivity contribution in [3.8, 4) is 17.2 Å². The standard InChI is InChI=1S/C21H22N4O3/c1-21(2,3)24-20-17(14-9-7-11-16(26-4)18(14)28-20)23-15-10-6-5-8-13(15)19-25-22-12-27-19/h5-12,23-24H,1-4H3. The quantitative estimate of drug-likeness (QED) is 0.478. The fourth-order valence-electron chi connectivity index (χ4n) is 3.01. The van der Waals surface area contributed by atoms with Crippen molar-refractivity contribution in [1.29, 1.82) is 0 Å². The molecule has 2 heterocycles. The summed E-state index contributed by atoms with van der Waals surface area (Å²) in [6.07, 6.45) is 1.32. The number of nitrogens with one attached hydrogen (secondary N) is 2. The van der Waals surface area contributed by atoms with Gasteiger partial charge < -0.3 is 24.2 Å². The number of furan rings is 1. The lowest BCUT2D eigenvalue weighted by Gasteiger charge is -2.21. The van der Waals surface area contributed by atoms with Crippen molar-refractivity contribution in [3.05, 3.63) is 48.9 Å². The van der Waals surface area contributed by atoms with Crippen LogP contribution in [0.5, 0.6) is 5.75 Å². The average molecular weight is 378 g/mol. The Kier molecular flexibility index (Phi) is 4.43. The number of hydrogen-bond donors (Lipinski definition) is 2. The molecule has 2 aromatic carbocycles. The summed E-state index contributed by atoms with van der Waals surface area (Å²) in [5.41, 5.74) is 2.93. The second-order valence-electron chi connectivity index (χ2n) is 7.43. The second kappa shape index (κ2) is 6.92. The van der Waals surface area contributed by atoms with Crippen LogP contribution in [0.25, 0.3) is 22.4 Å². The maximum atomic E-state index is 6.15. The minimum atomic E-state index is -0.191. The van der Waals surface area contributed by atoms with E-state index in [2.05, 4.69) is 41.6 Å². The summed E-state index contributed by atoms with van der Waals surface area (Å²) < 4.78 is 17.0. The predicted molar refractivity (Wildman–Crippen MR) is 109 cm³/mol. The second-order valence-corrected chi connectivity index (χ2v) is 7.43. The van der Waals surface area contributed by atoms with Gasteiger partial charge in [-0.2, -0.15) is 0 Å². The molecule has 0 radical (unpaired) electrons. The van der Waals surface area contributed by atoms with E-state index >= 15 is 0 Å². The number of anilines is 3. The number of para-hydroxylation sites is 2. The van der Waals surface area contributed by atoms with Crippen molar-refractivity contribution in [2.24, 2.45) is 0 Å². The van der Waals surface area contributed by atoms with Gasteiger partial charge in [-0.25, -0.2) is 0 Å². The maximum Gasteiger partial charge on any atom is 0.249 e. The Morgan fingerprint density at radius 1 is 1.04 bits per heavy atom. The zero-order valence-electron chi connectivity index (χ0n) is 16.2. The Bertz CT molecular complexity index is 1090. The van der Waals surface area contributed by atoms with Crippen molar-refractivity contribution in [3.63, 3.8) is 0 Å². The monoisotopic (exact) mass is 378 g/mol. The fraction of sp³-hybridized carbons (Fsp3) is 0.238. The van der Waals surface area contributed by atoms with Crippen LogP contribution < -0.4 is 15.4 Å². The summed E-state index contributed by atoms with van der Waals surface area (Å²) in [5.74, 6) is 1.75. The van der Waals surface area contributed by atoms with Gasteiger partial charge >= 0.3 is 0 Å². The van der Waals surface area contributed by atoms with E-state index in [0.29, 0.717) is 23.1 Å². The van der Waals surface area contributed by atoms with Gasteiger partial charge in [0.05, 0.1) is 23.7 Å². The fourth-order valence-corrected chi connectivity index (χ4v) is 3.01. The van der Waals surface area contributed by atoms with Crippen LogP contribution in [0.4, 0.5) is 17.3 Å². The molecule has 0 fully saturated rings. The number of nitrogens with zero attached hydrogens (tertiary/aromatic N) is 2. The molecular formula is C21H22N4O3. The minimum absolute atomic E-state index is 0.191. The van der Waals surface area contributed by atoms with E-state index in [0.717, 1.165) is 22.3 Å². The first-order valence-corrected chi connectivity index (χ1v) is 8.96. The molecule has 7 nitrogen and oxygen atoms in total. The van der Waals surface area contributed by atoms with E-state index in [1.807, 2.05) is 42.5 Å². The molecular weight excluding hydrogens is 356 g/mol. The highest BCUT2D eigenvalue weighted by Crippen LogP contribution is 2.43. The number of benzene rings is 2. The van der Waals surface area contributed by atoms with Crippen LogP contribution in [0.2, 0.25) is 0 Å². The first-order chi connectivity index (χ1) is 13.5. The number of methoxy groups -OCH3 is 1. The summed E-state index contributed by atoms with van der Waals surface area (Å²) in [4.78, 5) is 0. The molecule has 0 aliphatic carbocycles. The van der Waals surface area contributed by atoms with Gasteiger partial charge in [0.15, 0.2) is 11.3 Å². The Labute approximate surface area is 162 Å². The highest BCUT2D eigenvalue weighted by atomic mass is 16.5. The van der Waals surface area contributed by atoms with Crippen molar-refractivity contribution in [2.45, 2.75) is 26.3 Å². The minimum Gasteiger partial charge on any atom is -0.493 e. The molecule has 4 aromatic rings. The van der Waals surface area contributed by atoms with Crippen molar-refractivity contribution in [2.75, 3.05) is 17.7 Å². The third-order valence-electron chi connectivity index (χ3n) is 4.17. The van der Waals surface area contributed by atoms with Crippen LogP contribution in [-0.2, 0) is 0 Å². The highest BCUT2D eigenvalue weighted by Gasteiger charge is 2.22. The molecule has 0 saturated heterocycles. The van der Waals surface area contributed by atoms with Crippen molar-refractivity contribution >= 4 is 28.2 Å². The van der Waals surface area contributed by atoms with Gasteiger partial charge in [0.2, 0.25) is 18.2 Å². The predicted octanol–water partition coefficient (Wildman–Crippen LogP) is 5.45. The summed E-state index contributed by atoms with van der Waals surface area (Å²) in [6.45, 7) is 6.23. The molecule has 0 atom stereocenters. The third-order valence-corrected chi connectivity index (χ3v) is 4.17. The summed E-state index contributed by atoms with van der Waals surface area (Å²) in [6, 6.07) is 13.6. The molecule has 0 aliphatic heterocycles. The lowest BCUT2D eigenvalue weighted by Crippen LogP contribution is -2.26. The van der Waals surface area contributed by atoms with Gasteiger partial charge in [-0.15, -0.1) is 10.2 Å². The van der Waals surface area contributed by atoms with Crippen molar-refractivity contribution < 1.29 is 13.6 Å². The Morgan fingerprint density at radius 3 is 2.57 bits per heavy atom. The summed E-state index contributed by atoms with van der Waals surface area (Å²) >= 11 is 0. The summed E-state index contributed by atoms with van der Waals surface area (Å²) in [5, 5.41) is 15.6. The molecule has 7 heteroatoms. The SMILES string of the molecule is COc1cccc2c(Nc3ccccc3-c3nnco3)c(NC(C)(C)C)oc12. The normalized spacial score (nSPS) is 11.6. The van der Waals surface area contributed by atoms with E-state index in [1.165, 1.54) is 6.39 Å². The van der Waals surface area contributed by atoms with E-state index in [9.17, 15) is 0 Å². The molecule has 4 rings (SSSR count). The number of aromatic nitrogens is 2. The first kappa shape index (κ1) is 17.9. The molecule has 0 bridgehead atoms. The maximum absolute atomic E-state index is 6.15. The van der Waals surface area contributed by atoms with Gasteiger partial charge in [0.1, 0.15) is 5.69 Å². The topological polar surface area (TPSA) is 85.3 Å². The smallest absolute Gasteiger partial charge is 0.249 e. The largest absolute Gasteiger partial charge is 0.493 e. The molecule has 0 amide bonds. The molecule has 2 aromatic heterocycles. The number of rotatable bonds is 5. The van der Waals surface area contributed by atoms with Gasteiger partial charge in [-0.05, 0) is 45.0 Å². The molecule has 0 spiro atoms. The van der Waals surface area contributed by atoms with E-state index in [-0.39, 0.29) is 5.54 Å². The van der Waals surface area contributed by atoms with Crippen molar-refractivity contribution in [1.82, 2.24) is 10.2 Å². The number of ether oxygens (including phenoxy) is 1. The lowest BCUT2D eigenvalue weighted by molar-refractivity contribution is 0.410. The van der Waals surface area contributed by atoms with Crippen LogP contribution in [-0.4, -0.2) is 22.8 Å². The molecule has 0 aliphatic rings. The van der Waals surface area contributed by atoms with Crippen LogP contribution in [0.1, 0.15) is 20.8 Å². The highest BCUT2D eigenvalue weighted by molar-refractivity contribution is 6.02. The Balaban J connectivity index is 1.86. The number of fused-ring (bicyclic) bond motifs is 1. The first-order valence-electron chi connectivity index (χ1n) is 8.96. The average Bonchev–Trinajstić information content (AvgIpc) is 3.30. The number of hydrogen-bond acceptors (Lipinski definition) is 7. The van der Waals surface area contributed by atoms with E-state index in [1.54, 1.807) is 7.11 Å². The molecule has 2 N–H and O–H groups in total. The van der Waals surface area contributed by atoms with Crippen LogP contribution in [0, 0.1) is 0 Å². The van der Waals surface area contributed by atoms with E-state index in [4.69, 9.17) is 13.6 Å². The van der Waals surface area contributed by atoms with Gasteiger partial charge in [-0.1, -0.05) is 18.2 Å². The zero-order valence-corrected chi connectivity index (χ0v) is 16.2. The van der Waals surface area contributed by atoms with Crippen LogP contribution >= 0.6 is 0 Å². The molecule has 144 valence electrons. The Hall–Kier alpha value is -3.48. The molecule has 28 heavy (non-hydrogen) atoms. The molecule has 0 unspecified atom stereocenters. The van der Waals surface area contributed by atoms with Gasteiger partial charge in [-0.3, -0.25) is 0 Å². The van der Waals surface area contributed by atoms with Gasteiger partial charge in [0, 0.05) is 5.54 Å². The summed E-state index contributed by atoms with van der Waals surface area (Å²) in [7, 11) is 1.63. The molecule has 0 saturated carbocycles. The van der Waals surface area contributed by atoms with Crippen LogP contribution in [0.3, 0.4) is 0 Å².